The number of aryl methyl sites for hydroxylation is 1. The molecule has 1 aromatic rings. The highest BCUT2D eigenvalue weighted by atomic mass is 15.2. The molecule has 0 atom stereocenters. The Labute approximate surface area is 77.8 Å². The average Bonchev–Trinajstić information content (AvgIpc) is 2.18. The van der Waals surface area contributed by atoms with E-state index in [2.05, 4.69) is 16.3 Å². The van der Waals surface area contributed by atoms with Crippen molar-refractivity contribution in [3.63, 3.8) is 0 Å². The van der Waals surface area contributed by atoms with E-state index in [-0.39, 0.29) is 0 Å². The summed E-state index contributed by atoms with van der Waals surface area (Å²) in [5.41, 5.74) is 0.967. The molecule has 4 nitrogen and oxygen atoms in total. The van der Waals surface area contributed by atoms with Gasteiger partial charge in [-0.3, -0.25) is 0 Å². The SMILES string of the molecule is CCc1ccc(N(C)CC#N)nn1. The molecule has 0 aliphatic rings. The molecule has 13 heavy (non-hydrogen) atoms. The predicted molar refractivity (Wildman–Crippen MR) is 50.3 cm³/mol. The summed E-state index contributed by atoms with van der Waals surface area (Å²) in [4.78, 5) is 1.76. The van der Waals surface area contributed by atoms with Crippen LogP contribution < -0.4 is 4.90 Å². The molecular weight excluding hydrogens is 164 g/mol. The van der Waals surface area contributed by atoms with Crippen LogP contribution in [0.2, 0.25) is 0 Å². The van der Waals surface area contributed by atoms with E-state index in [0.717, 1.165) is 17.9 Å². The van der Waals surface area contributed by atoms with E-state index in [4.69, 9.17) is 5.26 Å². The summed E-state index contributed by atoms with van der Waals surface area (Å²) in [6.45, 7) is 2.36. The van der Waals surface area contributed by atoms with Gasteiger partial charge in [0.05, 0.1) is 11.8 Å². The van der Waals surface area contributed by atoms with Gasteiger partial charge in [-0.15, -0.1) is 5.10 Å². The molecular formula is C9H12N4. The van der Waals surface area contributed by atoms with Crippen LogP contribution in [0, 0.1) is 11.3 Å². The first-order valence-corrected chi connectivity index (χ1v) is 4.18. The molecule has 0 spiro atoms. The molecule has 1 rings (SSSR count). The Kier molecular flexibility index (Phi) is 3.21. The minimum Gasteiger partial charge on any atom is -0.345 e. The zero-order chi connectivity index (χ0) is 9.68. The van der Waals surface area contributed by atoms with Crippen LogP contribution in [0.3, 0.4) is 0 Å². The Bertz CT molecular complexity index is 298. The van der Waals surface area contributed by atoms with Gasteiger partial charge in [-0.25, -0.2) is 0 Å². The van der Waals surface area contributed by atoms with Crippen LogP contribution in [0.15, 0.2) is 12.1 Å². The van der Waals surface area contributed by atoms with E-state index in [0.29, 0.717) is 6.54 Å². The van der Waals surface area contributed by atoms with Crippen molar-refractivity contribution in [2.45, 2.75) is 13.3 Å². The van der Waals surface area contributed by atoms with Gasteiger partial charge >= 0.3 is 0 Å². The van der Waals surface area contributed by atoms with Crippen molar-refractivity contribution in [3.8, 4) is 6.07 Å². The van der Waals surface area contributed by atoms with Gasteiger partial charge in [0.2, 0.25) is 0 Å². The maximum Gasteiger partial charge on any atom is 0.151 e. The van der Waals surface area contributed by atoms with E-state index in [1.807, 2.05) is 26.1 Å². The lowest BCUT2D eigenvalue weighted by atomic mass is 10.3. The molecule has 0 aliphatic carbocycles. The van der Waals surface area contributed by atoms with Crippen LogP contribution in [-0.2, 0) is 6.42 Å². The predicted octanol–water partition coefficient (Wildman–Crippen LogP) is 0.999. The van der Waals surface area contributed by atoms with Gasteiger partial charge in [-0.05, 0) is 18.6 Å². The third kappa shape index (κ3) is 2.41. The van der Waals surface area contributed by atoms with Gasteiger partial charge in [0.25, 0.3) is 0 Å². The summed E-state index contributed by atoms with van der Waals surface area (Å²) in [5, 5.41) is 16.5. The molecule has 0 aromatic carbocycles. The first kappa shape index (κ1) is 9.46. The lowest BCUT2D eigenvalue weighted by molar-refractivity contribution is 0.880. The molecule has 4 heteroatoms. The monoisotopic (exact) mass is 176 g/mol. The number of anilines is 1. The fourth-order valence-corrected chi connectivity index (χ4v) is 0.932. The van der Waals surface area contributed by atoms with Crippen molar-refractivity contribution in [3.05, 3.63) is 17.8 Å². The summed E-state index contributed by atoms with van der Waals surface area (Å²) >= 11 is 0. The Hall–Kier alpha value is -1.63. The lowest BCUT2D eigenvalue weighted by Gasteiger charge is -2.12. The van der Waals surface area contributed by atoms with Crippen LogP contribution in [0.25, 0.3) is 0 Å². The molecule has 1 heterocycles. The van der Waals surface area contributed by atoms with Crippen LogP contribution in [0.4, 0.5) is 5.82 Å². The minimum atomic E-state index is 0.333. The van der Waals surface area contributed by atoms with Crippen LogP contribution in [0.1, 0.15) is 12.6 Å². The number of rotatable bonds is 3. The van der Waals surface area contributed by atoms with Crippen molar-refractivity contribution in [2.75, 3.05) is 18.5 Å². The molecule has 0 saturated carbocycles. The highest BCUT2D eigenvalue weighted by molar-refractivity contribution is 5.37. The van der Waals surface area contributed by atoms with Crippen LogP contribution in [-0.4, -0.2) is 23.8 Å². The van der Waals surface area contributed by atoms with E-state index >= 15 is 0 Å². The second-order valence-electron chi connectivity index (χ2n) is 2.75. The standard InChI is InChI=1S/C9H12N4/c1-3-8-4-5-9(12-11-8)13(2)7-6-10/h4-5H,3,7H2,1-2H3. The number of aromatic nitrogens is 2. The zero-order valence-corrected chi connectivity index (χ0v) is 7.86. The molecule has 0 N–H and O–H groups in total. The van der Waals surface area contributed by atoms with Crippen LogP contribution in [0.5, 0.6) is 0 Å². The second kappa shape index (κ2) is 4.41. The fraction of sp³-hybridized carbons (Fsp3) is 0.444. The summed E-state index contributed by atoms with van der Waals surface area (Å²) < 4.78 is 0. The number of nitrogens with zero attached hydrogens (tertiary/aromatic N) is 4. The van der Waals surface area contributed by atoms with Gasteiger partial charge in [0.1, 0.15) is 6.54 Å². The van der Waals surface area contributed by atoms with Gasteiger partial charge in [-0.1, -0.05) is 6.92 Å². The largest absolute Gasteiger partial charge is 0.345 e. The maximum atomic E-state index is 8.46. The van der Waals surface area contributed by atoms with Gasteiger partial charge < -0.3 is 4.90 Å². The quantitative estimate of drug-likeness (QED) is 0.645. The Morgan fingerprint density at radius 1 is 1.46 bits per heavy atom. The van der Waals surface area contributed by atoms with Crippen molar-refractivity contribution < 1.29 is 0 Å². The Morgan fingerprint density at radius 3 is 2.69 bits per heavy atom. The van der Waals surface area contributed by atoms with E-state index in [9.17, 15) is 0 Å². The highest BCUT2D eigenvalue weighted by Crippen LogP contribution is 2.06. The molecule has 68 valence electrons. The Morgan fingerprint density at radius 2 is 2.23 bits per heavy atom. The molecule has 0 unspecified atom stereocenters. The summed E-state index contributed by atoms with van der Waals surface area (Å²) in [7, 11) is 1.82. The van der Waals surface area contributed by atoms with Crippen molar-refractivity contribution in [1.82, 2.24) is 10.2 Å². The first-order valence-electron chi connectivity index (χ1n) is 4.18. The topological polar surface area (TPSA) is 52.8 Å². The van der Waals surface area contributed by atoms with E-state index in [1.165, 1.54) is 0 Å². The maximum absolute atomic E-state index is 8.46. The molecule has 1 aromatic heterocycles. The van der Waals surface area contributed by atoms with Gasteiger partial charge in [0, 0.05) is 7.05 Å². The highest BCUT2D eigenvalue weighted by Gasteiger charge is 2.01. The number of hydrogen-bond donors (Lipinski definition) is 0. The van der Waals surface area contributed by atoms with Gasteiger partial charge in [-0.2, -0.15) is 10.4 Å². The third-order valence-corrected chi connectivity index (χ3v) is 1.77. The molecule has 0 radical (unpaired) electrons. The summed E-state index contributed by atoms with van der Waals surface area (Å²) in [5.74, 6) is 0.735. The first-order chi connectivity index (χ1) is 6.27. The second-order valence-corrected chi connectivity index (χ2v) is 2.75. The zero-order valence-electron chi connectivity index (χ0n) is 7.86. The minimum absolute atomic E-state index is 0.333. The van der Waals surface area contributed by atoms with E-state index < -0.39 is 0 Å². The summed E-state index contributed by atoms with van der Waals surface area (Å²) in [6.07, 6.45) is 0.884. The average molecular weight is 176 g/mol. The Balaban J connectivity index is 2.74. The number of nitriles is 1. The summed E-state index contributed by atoms with van der Waals surface area (Å²) in [6, 6.07) is 5.86. The molecule has 0 aliphatic heterocycles. The molecule has 0 bridgehead atoms. The van der Waals surface area contributed by atoms with Crippen molar-refractivity contribution in [2.24, 2.45) is 0 Å². The van der Waals surface area contributed by atoms with Crippen molar-refractivity contribution >= 4 is 5.82 Å². The fourth-order valence-electron chi connectivity index (χ4n) is 0.932. The van der Waals surface area contributed by atoms with E-state index in [1.54, 1.807) is 4.90 Å². The number of hydrogen-bond acceptors (Lipinski definition) is 4. The van der Waals surface area contributed by atoms with Crippen molar-refractivity contribution in [1.29, 1.82) is 5.26 Å². The lowest BCUT2D eigenvalue weighted by Crippen LogP contribution is -2.18. The molecule has 0 saturated heterocycles. The molecule has 0 fully saturated rings. The van der Waals surface area contributed by atoms with Gasteiger partial charge in [0.15, 0.2) is 5.82 Å². The third-order valence-electron chi connectivity index (χ3n) is 1.77. The smallest absolute Gasteiger partial charge is 0.151 e. The van der Waals surface area contributed by atoms with Crippen LogP contribution >= 0.6 is 0 Å². The normalized spacial score (nSPS) is 9.31. The molecule has 0 amide bonds.